The number of oxazole rings is 1. The third-order valence-electron chi connectivity index (χ3n) is 4.79. The number of hydrogen-bond acceptors (Lipinski definition) is 8. The summed E-state index contributed by atoms with van der Waals surface area (Å²) in [6.45, 7) is 1.31. The molecule has 0 fully saturated rings. The van der Waals surface area contributed by atoms with Gasteiger partial charge in [-0.1, -0.05) is 29.8 Å². The van der Waals surface area contributed by atoms with Gasteiger partial charge in [0.15, 0.2) is 18.3 Å². The zero-order valence-electron chi connectivity index (χ0n) is 17.4. The largest absolute Gasteiger partial charge is 0.457 e. The Morgan fingerprint density at radius 2 is 1.81 bits per heavy atom. The number of nitrogens with zero attached hydrogens (tertiary/aromatic N) is 3. The molecule has 2 aromatic heterocycles. The lowest BCUT2D eigenvalue weighted by Crippen LogP contribution is -2.42. The molecule has 0 spiro atoms. The normalized spacial score (nSPS) is 10.8. The van der Waals surface area contributed by atoms with Gasteiger partial charge in [0.05, 0.1) is 12.6 Å². The molecule has 10 heteroatoms. The number of benzene rings is 1. The Morgan fingerprint density at radius 3 is 2.48 bits per heavy atom. The van der Waals surface area contributed by atoms with Crippen LogP contribution in [-0.2, 0) is 30.0 Å². The first-order chi connectivity index (χ1) is 14.7. The molecule has 0 amide bonds. The molecule has 31 heavy (non-hydrogen) atoms. The lowest BCUT2D eigenvalue weighted by Gasteiger charge is -2.10. The Bertz CT molecular complexity index is 1250. The van der Waals surface area contributed by atoms with Crippen LogP contribution in [0.25, 0.3) is 11.3 Å². The molecule has 0 aliphatic heterocycles. The first kappa shape index (κ1) is 21.8. The maximum atomic E-state index is 12.3. The SMILES string of the molecule is Cc1ccc(-c2cnc(CCC(=O)OCC(=O)c3c(N)n(C)c(=O)n(C)c3=O)o2)cc1. The van der Waals surface area contributed by atoms with Crippen LogP contribution in [0, 0.1) is 6.92 Å². The molecule has 0 aliphatic carbocycles. The van der Waals surface area contributed by atoms with Crippen molar-refractivity contribution in [1.29, 1.82) is 0 Å². The Kier molecular flexibility index (Phi) is 6.19. The number of hydrogen-bond donors (Lipinski definition) is 1. The van der Waals surface area contributed by atoms with Crippen LogP contribution >= 0.6 is 0 Å². The second-order valence-corrected chi connectivity index (χ2v) is 7.03. The van der Waals surface area contributed by atoms with Crippen molar-refractivity contribution in [3.63, 3.8) is 0 Å². The molecule has 2 heterocycles. The summed E-state index contributed by atoms with van der Waals surface area (Å²) in [5.74, 6) is -0.796. The van der Waals surface area contributed by atoms with E-state index in [2.05, 4.69) is 4.98 Å². The number of anilines is 1. The number of esters is 1. The van der Waals surface area contributed by atoms with Crippen molar-refractivity contribution in [2.75, 3.05) is 12.3 Å². The molecule has 0 bridgehead atoms. The second kappa shape index (κ2) is 8.82. The van der Waals surface area contributed by atoms with Crippen LogP contribution in [0.2, 0.25) is 0 Å². The maximum Gasteiger partial charge on any atom is 0.332 e. The van der Waals surface area contributed by atoms with Crippen LogP contribution in [0.5, 0.6) is 0 Å². The quantitative estimate of drug-likeness (QED) is 0.436. The van der Waals surface area contributed by atoms with Gasteiger partial charge in [-0.25, -0.2) is 9.78 Å². The van der Waals surface area contributed by atoms with E-state index in [1.165, 1.54) is 14.1 Å². The number of carbonyl (C=O) groups excluding carboxylic acids is 2. The van der Waals surface area contributed by atoms with E-state index >= 15 is 0 Å². The van der Waals surface area contributed by atoms with Crippen LogP contribution in [0.3, 0.4) is 0 Å². The van der Waals surface area contributed by atoms with Crippen molar-refractivity contribution in [2.24, 2.45) is 14.1 Å². The molecular weight excluding hydrogens is 404 g/mol. The van der Waals surface area contributed by atoms with Crippen LogP contribution in [-0.4, -0.2) is 32.5 Å². The molecule has 10 nitrogen and oxygen atoms in total. The molecule has 3 rings (SSSR count). The minimum Gasteiger partial charge on any atom is -0.457 e. The van der Waals surface area contributed by atoms with E-state index < -0.39 is 35.2 Å². The summed E-state index contributed by atoms with van der Waals surface area (Å²) < 4.78 is 12.3. The fraction of sp³-hybridized carbons (Fsp3) is 0.286. The summed E-state index contributed by atoms with van der Waals surface area (Å²) >= 11 is 0. The van der Waals surface area contributed by atoms with Gasteiger partial charge in [0.25, 0.3) is 5.56 Å². The van der Waals surface area contributed by atoms with Crippen molar-refractivity contribution in [2.45, 2.75) is 19.8 Å². The minimum absolute atomic E-state index is 0.0676. The average molecular weight is 426 g/mol. The number of carbonyl (C=O) groups is 2. The molecule has 0 aliphatic rings. The van der Waals surface area contributed by atoms with Gasteiger partial charge in [-0.15, -0.1) is 0 Å². The van der Waals surface area contributed by atoms with Gasteiger partial charge >= 0.3 is 11.7 Å². The van der Waals surface area contributed by atoms with Crippen LogP contribution in [0.4, 0.5) is 5.82 Å². The number of aryl methyl sites for hydroxylation is 2. The van der Waals surface area contributed by atoms with Gasteiger partial charge in [0.1, 0.15) is 11.4 Å². The maximum absolute atomic E-state index is 12.3. The number of ether oxygens (including phenoxy) is 1. The summed E-state index contributed by atoms with van der Waals surface area (Å²) in [5, 5.41) is 0. The monoisotopic (exact) mass is 426 g/mol. The van der Waals surface area contributed by atoms with E-state index in [0.29, 0.717) is 11.7 Å². The Labute approximate surface area is 176 Å². The fourth-order valence-corrected chi connectivity index (χ4v) is 2.90. The highest BCUT2D eigenvalue weighted by molar-refractivity contribution is 6.01. The summed E-state index contributed by atoms with van der Waals surface area (Å²) in [6.07, 6.45) is 1.69. The number of Topliss-reactive ketones (excluding diaryl/α,β-unsaturated/α-hetero) is 1. The van der Waals surface area contributed by atoms with Gasteiger partial charge in [-0.05, 0) is 6.92 Å². The van der Waals surface area contributed by atoms with Crippen LogP contribution < -0.4 is 17.0 Å². The molecule has 0 atom stereocenters. The summed E-state index contributed by atoms with van der Waals surface area (Å²) in [6, 6.07) is 7.73. The third-order valence-corrected chi connectivity index (χ3v) is 4.79. The second-order valence-electron chi connectivity index (χ2n) is 7.03. The number of nitrogen functional groups attached to an aromatic ring is 1. The number of nitrogens with two attached hydrogens (primary N) is 1. The van der Waals surface area contributed by atoms with Gasteiger partial charge in [-0.2, -0.15) is 0 Å². The van der Waals surface area contributed by atoms with Gasteiger partial charge < -0.3 is 14.9 Å². The Hall–Kier alpha value is -3.95. The fourth-order valence-electron chi connectivity index (χ4n) is 2.90. The molecule has 0 saturated heterocycles. The van der Waals surface area contributed by atoms with Crippen molar-refractivity contribution in [1.82, 2.24) is 14.1 Å². The van der Waals surface area contributed by atoms with Gasteiger partial charge in [0.2, 0.25) is 5.78 Å². The summed E-state index contributed by atoms with van der Waals surface area (Å²) in [7, 11) is 2.56. The first-order valence-electron chi connectivity index (χ1n) is 9.45. The molecule has 0 saturated carbocycles. The summed E-state index contributed by atoms with van der Waals surface area (Å²) in [4.78, 5) is 52.5. The molecule has 0 unspecified atom stereocenters. The number of rotatable bonds is 7. The predicted octanol–water partition coefficient (Wildman–Crippen LogP) is 0.988. The van der Waals surface area contributed by atoms with Gasteiger partial charge in [-0.3, -0.25) is 23.5 Å². The standard InChI is InChI=1S/C21H22N4O6/c1-12-4-6-13(7-5-12)15-10-23-16(31-15)8-9-17(27)30-11-14(26)18-19(22)24(2)21(29)25(3)20(18)28/h4-7,10H,8-9,11,22H2,1-3H3. The highest BCUT2D eigenvalue weighted by Gasteiger charge is 2.21. The molecule has 0 radical (unpaired) electrons. The number of ketones is 1. The highest BCUT2D eigenvalue weighted by Crippen LogP contribution is 2.21. The Morgan fingerprint density at radius 1 is 1.13 bits per heavy atom. The van der Waals surface area contributed by atoms with Crippen molar-refractivity contribution >= 4 is 17.6 Å². The zero-order valence-corrected chi connectivity index (χ0v) is 17.4. The predicted molar refractivity (Wildman–Crippen MR) is 112 cm³/mol. The van der Waals surface area contributed by atoms with E-state index in [1.54, 1.807) is 6.20 Å². The Balaban J connectivity index is 1.58. The average Bonchev–Trinajstić information content (AvgIpc) is 3.23. The molecule has 2 N–H and O–H groups in total. The minimum atomic E-state index is -0.843. The smallest absolute Gasteiger partial charge is 0.332 e. The van der Waals surface area contributed by atoms with Crippen molar-refractivity contribution in [3.8, 4) is 11.3 Å². The molecule has 162 valence electrons. The highest BCUT2D eigenvalue weighted by atomic mass is 16.5. The summed E-state index contributed by atoms with van der Waals surface area (Å²) in [5.41, 5.74) is 5.82. The molecule has 1 aromatic carbocycles. The van der Waals surface area contributed by atoms with Gasteiger partial charge in [0, 0.05) is 26.1 Å². The lowest BCUT2D eigenvalue weighted by atomic mass is 10.1. The van der Waals surface area contributed by atoms with E-state index in [-0.39, 0.29) is 18.7 Å². The van der Waals surface area contributed by atoms with E-state index in [4.69, 9.17) is 14.9 Å². The number of aromatic nitrogens is 3. The molecular formula is C21H22N4O6. The first-order valence-corrected chi connectivity index (χ1v) is 9.45. The topological polar surface area (TPSA) is 139 Å². The third kappa shape index (κ3) is 4.63. The lowest BCUT2D eigenvalue weighted by molar-refractivity contribution is -0.142. The van der Waals surface area contributed by atoms with Crippen molar-refractivity contribution in [3.05, 3.63) is 68.3 Å². The van der Waals surface area contributed by atoms with E-state index in [9.17, 15) is 19.2 Å². The van der Waals surface area contributed by atoms with Crippen LogP contribution in [0.15, 0.2) is 44.5 Å². The van der Waals surface area contributed by atoms with Crippen molar-refractivity contribution < 1.29 is 18.7 Å². The van der Waals surface area contributed by atoms with E-state index in [0.717, 1.165) is 20.3 Å². The van der Waals surface area contributed by atoms with Crippen LogP contribution in [0.1, 0.15) is 28.2 Å². The molecule has 3 aromatic rings. The van der Waals surface area contributed by atoms with E-state index in [1.807, 2.05) is 31.2 Å². The zero-order chi connectivity index (χ0) is 22.7.